The van der Waals surface area contributed by atoms with Crippen molar-refractivity contribution in [2.24, 2.45) is 5.92 Å². The number of ether oxygens (including phenoxy) is 1. The number of aromatic amines is 1. The molecule has 0 saturated heterocycles. The van der Waals surface area contributed by atoms with Crippen molar-refractivity contribution in [1.82, 2.24) is 15.3 Å². The molecule has 0 spiro atoms. The summed E-state index contributed by atoms with van der Waals surface area (Å²) >= 11 is 0. The highest BCUT2D eigenvalue weighted by Gasteiger charge is 2.49. The summed E-state index contributed by atoms with van der Waals surface area (Å²) in [7, 11) is 0. The first-order valence-electron chi connectivity index (χ1n) is 12.4. The minimum absolute atomic E-state index is 0.132. The van der Waals surface area contributed by atoms with Crippen LogP contribution in [0.15, 0.2) is 42.7 Å². The Kier molecular flexibility index (Phi) is 7.66. The molecule has 4 rings (SSSR count). The van der Waals surface area contributed by atoms with Crippen LogP contribution in [0.25, 0.3) is 11.0 Å². The number of carbonyl (C=O) groups excluding carboxylic acids is 2. The number of nitrogens with one attached hydrogen (secondary N) is 2. The molecule has 7 nitrogen and oxygen atoms in total. The molecule has 3 heterocycles. The van der Waals surface area contributed by atoms with Gasteiger partial charge in [0.05, 0.1) is 23.4 Å². The van der Waals surface area contributed by atoms with Crippen LogP contribution in [-0.2, 0) is 15.0 Å². The third-order valence-electron chi connectivity index (χ3n) is 6.72. The third-order valence-corrected chi connectivity index (χ3v) is 6.72. The molecule has 38 heavy (non-hydrogen) atoms. The smallest absolute Gasteiger partial charge is 0.405 e. The van der Waals surface area contributed by atoms with Gasteiger partial charge in [-0.25, -0.2) is 9.37 Å². The molecule has 0 saturated carbocycles. The Morgan fingerprint density at radius 2 is 2.03 bits per heavy atom. The number of anilines is 1. The van der Waals surface area contributed by atoms with Crippen molar-refractivity contribution in [2.45, 2.75) is 57.7 Å². The van der Waals surface area contributed by atoms with Gasteiger partial charge >= 0.3 is 6.18 Å². The number of amides is 2. The molecule has 2 N–H and O–H groups in total. The van der Waals surface area contributed by atoms with Crippen LogP contribution >= 0.6 is 0 Å². The van der Waals surface area contributed by atoms with Gasteiger partial charge in [-0.2, -0.15) is 13.2 Å². The molecule has 0 bridgehead atoms. The fraction of sp³-hybridized carbons (Fsp3) is 0.444. The van der Waals surface area contributed by atoms with E-state index in [-0.39, 0.29) is 29.7 Å². The molecule has 3 aromatic rings. The zero-order valence-corrected chi connectivity index (χ0v) is 21.4. The van der Waals surface area contributed by atoms with Crippen LogP contribution in [0.1, 0.15) is 45.6 Å². The summed E-state index contributed by atoms with van der Waals surface area (Å²) < 4.78 is 59.0. The molecule has 1 aliphatic heterocycles. The zero-order chi connectivity index (χ0) is 27.7. The molecular formula is C27H30F4N4O3. The summed E-state index contributed by atoms with van der Waals surface area (Å²) in [6, 6.07) is 7.88. The second-order valence-electron chi connectivity index (χ2n) is 10.2. The van der Waals surface area contributed by atoms with Crippen LogP contribution in [0.5, 0.6) is 5.75 Å². The average molecular weight is 535 g/mol. The van der Waals surface area contributed by atoms with Gasteiger partial charge in [0, 0.05) is 17.1 Å². The number of benzene rings is 1. The predicted octanol–water partition coefficient (Wildman–Crippen LogP) is 5.26. The van der Waals surface area contributed by atoms with E-state index in [4.69, 9.17) is 4.74 Å². The largest absolute Gasteiger partial charge is 0.489 e. The van der Waals surface area contributed by atoms with E-state index < -0.39 is 42.3 Å². The lowest BCUT2D eigenvalue weighted by molar-refractivity contribution is -0.138. The van der Waals surface area contributed by atoms with E-state index in [1.807, 2.05) is 26.0 Å². The SMILES string of the molecule is CC(C)CC(CC[C@]1(C)C(=O)N(CC(=O)NCC(F)(F)F)c2cccc(F)c21)Oc1cnc2[nH]ccc2c1. The van der Waals surface area contributed by atoms with Crippen molar-refractivity contribution in [3.63, 3.8) is 0 Å². The van der Waals surface area contributed by atoms with Gasteiger partial charge in [0.25, 0.3) is 0 Å². The Morgan fingerprint density at radius 3 is 2.74 bits per heavy atom. The Morgan fingerprint density at radius 1 is 1.26 bits per heavy atom. The fourth-order valence-corrected chi connectivity index (χ4v) is 4.96. The number of fused-ring (bicyclic) bond motifs is 2. The van der Waals surface area contributed by atoms with Gasteiger partial charge < -0.3 is 19.9 Å². The van der Waals surface area contributed by atoms with Crippen LogP contribution in [0, 0.1) is 11.7 Å². The average Bonchev–Trinajstić information content (AvgIpc) is 3.38. The Bertz CT molecular complexity index is 1320. The maximum Gasteiger partial charge on any atom is 0.405 e. The lowest BCUT2D eigenvalue weighted by atomic mass is 9.78. The number of rotatable bonds is 10. The molecule has 1 unspecified atom stereocenters. The number of hydrogen-bond acceptors (Lipinski definition) is 4. The van der Waals surface area contributed by atoms with Gasteiger partial charge in [-0.3, -0.25) is 9.59 Å². The van der Waals surface area contributed by atoms with Crippen LogP contribution < -0.4 is 15.0 Å². The van der Waals surface area contributed by atoms with Gasteiger partial charge in [0.2, 0.25) is 11.8 Å². The number of carbonyl (C=O) groups is 2. The number of hydrogen-bond donors (Lipinski definition) is 2. The van der Waals surface area contributed by atoms with Gasteiger partial charge in [0.15, 0.2) is 0 Å². The molecule has 0 aliphatic carbocycles. The molecule has 0 radical (unpaired) electrons. The van der Waals surface area contributed by atoms with Crippen LogP contribution in [0.3, 0.4) is 0 Å². The fourth-order valence-electron chi connectivity index (χ4n) is 4.96. The van der Waals surface area contributed by atoms with Crippen LogP contribution in [0.2, 0.25) is 0 Å². The summed E-state index contributed by atoms with van der Waals surface area (Å²) in [5.74, 6) is -1.30. The highest BCUT2D eigenvalue weighted by atomic mass is 19.4. The van der Waals surface area contributed by atoms with Crippen molar-refractivity contribution in [2.75, 3.05) is 18.0 Å². The minimum atomic E-state index is -4.59. The van der Waals surface area contributed by atoms with E-state index in [9.17, 15) is 22.8 Å². The Balaban J connectivity index is 1.54. The summed E-state index contributed by atoms with van der Waals surface area (Å²) in [5.41, 5.74) is -0.282. The van der Waals surface area contributed by atoms with Gasteiger partial charge in [-0.05, 0) is 56.4 Å². The zero-order valence-electron chi connectivity index (χ0n) is 21.4. The molecule has 204 valence electrons. The van der Waals surface area contributed by atoms with Crippen LogP contribution in [0.4, 0.5) is 23.2 Å². The van der Waals surface area contributed by atoms with Gasteiger partial charge in [-0.1, -0.05) is 19.9 Å². The summed E-state index contributed by atoms with van der Waals surface area (Å²) in [4.78, 5) is 34.3. The van der Waals surface area contributed by atoms with E-state index in [0.29, 0.717) is 18.6 Å². The normalized spacial score (nSPS) is 18.2. The number of H-pyrrole nitrogens is 1. The van der Waals surface area contributed by atoms with Crippen molar-refractivity contribution >= 4 is 28.5 Å². The van der Waals surface area contributed by atoms with Crippen LogP contribution in [-0.4, -0.2) is 47.2 Å². The molecule has 1 aromatic carbocycles. The second kappa shape index (κ2) is 10.6. The van der Waals surface area contributed by atoms with Crippen molar-refractivity contribution in [3.05, 3.63) is 54.1 Å². The number of pyridine rings is 1. The monoisotopic (exact) mass is 534 g/mol. The predicted molar refractivity (Wildman–Crippen MR) is 134 cm³/mol. The molecular weight excluding hydrogens is 504 g/mol. The maximum absolute atomic E-state index is 15.1. The van der Waals surface area contributed by atoms with Crippen molar-refractivity contribution in [1.29, 1.82) is 0 Å². The molecule has 11 heteroatoms. The second-order valence-corrected chi connectivity index (χ2v) is 10.2. The highest BCUT2D eigenvalue weighted by molar-refractivity contribution is 6.10. The van der Waals surface area contributed by atoms with Crippen molar-refractivity contribution < 1.29 is 31.9 Å². The first kappa shape index (κ1) is 27.4. The topological polar surface area (TPSA) is 87.3 Å². The van der Waals surface area contributed by atoms with E-state index in [1.165, 1.54) is 18.2 Å². The summed E-state index contributed by atoms with van der Waals surface area (Å²) in [6.45, 7) is 3.53. The number of nitrogens with zero attached hydrogens (tertiary/aromatic N) is 2. The summed E-state index contributed by atoms with van der Waals surface area (Å²) in [6.07, 6.45) is -0.229. The van der Waals surface area contributed by atoms with E-state index in [1.54, 1.807) is 24.6 Å². The first-order chi connectivity index (χ1) is 17.9. The molecule has 2 amide bonds. The molecule has 2 atom stereocenters. The lowest BCUT2D eigenvalue weighted by Crippen LogP contribution is -2.45. The number of aromatic nitrogens is 2. The van der Waals surface area contributed by atoms with E-state index >= 15 is 4.39 Å². The Hall–Kier alpha value is -3.63. The van der Waals surface area contributed by atoms with E-state index in [2.05, 4.69) is 9.97 Å². The minimum Gasteiger partial charge on any atom is -0.489 e. The molecule has 1 aliphatic rings. The standard InChI is InChI=1S/C27H30F4N4O3/c1-16(2)11-18(38-19-12-17-8-10-32-24(17)33-13-19)7-9-26(3)23-20(28)5-4-6-21(23)35(25(26)37)14-22(36)34-15-27(29,30)31/h4-6,8,10,12-13,16,18H,7,9,11,14-15H2,1-3H3,(H,32,33)(H,34,36)/t18?,26-/m0/s1. The summed E-state index contributed by atoms with van der Waals surface area (Å²) in [5, 5.41) is 2.66. The Labute approximate surface area is 217 Å². The maximum atomic E-state index is 15.1. The first-order valence-corrected chi connectivity index (χ1v) is 12.4. The quantitative estimate of drug-likeness (QED) is 0.348. The van der Waals surface area contributed by atoms with Gasteiger partial charge in [-0.15, -0.1) is 0 Å². The number of alkyl halides is 3. The van der Waals surface area contributed by atoms with E-state index in [0.717, 1.165) is 15.9 Å². The molecule has 0 fully saturated rings. The third kappa shape index (κ3) is 5.92. The van der Waals surface area contributed by atoms with Gasteiger partial charge in [0.1, 0.15) is 30.3 Å². The van der Waals surface area contributed by atoms with Crippen molar-refractivity contribution in [3.8, 4) is 5.75 Å². The lowest BCUT2D eigenvalue weighted by Gasteiger charge is -2.28. The number of halogens is 4. The highest BCUT2D eigenvalue weighted by Crippen LogP contribution is 2.46. The molecule has 2 aromatic heterocycles.